The third kappa shape index (κ3) is 8.31. The second kappa shape index (κ2) is 7.21. The molecule has 1 nitrogen and oxygen atoms in total. The molecule has 8 heteroatoms. The minimum Gasteiger partial charge on any atom is -0.313 e. The highest BCUT2D eigenvalue weighted by Crippen LogP contribution is 2.36. The first-order valence-corrected chi connectivity index (χ1v) is 6.59. The molecule has 1 N–H and O–H groups in total. The van der Waals surface area contributed by atoms with Crippen LogP contribution in [-0.4, -0.2) is 18.2 Å². The fourth-order valence-electron chi connectivity index (χ4n) is 1.46. The Hall–Kier alpha value is -0.890. The van der Waals surface area contributed by atoms with E-state index in [9.17, 15) is 26.3 Å². The summed E-state index contributed by atoms with van der Waals surface area (Å²) >= 11 is -0.201. The number of hydrogen-bond donors (Lipinski definition) is 1. The summed E-state index contributed by atoms with van der Waals surface area (Å²) in [7, 11) is 0. The van der Waals surface area contributed by atoms with Crippen molar-refractivity contribution in [3.05, 3.63) is 29.8 Å². The van der Waals surface area contributed by atoms with Crippen molar-refractivity contribution >= 4 is 11.8 Å². The van der Waals surface area contributed by atoms with Gasteiger partial charge in [0.15, 0.2) is 0 Å². The maximum Gasteiger partial charge on any atom is 0.446 e. The molecule has 0 spiro atoms. The lowest BCUT2D eigenvalue weighted by molar-refractivity contribution is -0.135. The van der Waals surface area contributed by atoms with Crippen molar-refractivity contribution in [2.75, 3.05) is 6.54 Å². The third-order valence-electron chi connectivity index (χ3n) is 2.30. The molecule has 1 rings (SSSR count). The zero-order valence-corrected chi connectivity index (χ0v) is 11.1. The van der Waals surface area contributed by atoms with E-state index >= 15 is 0 Å². The van der Waals surface area contributed by atoms with E-state index < -0.39 is 18.1 Å². The highest BCUT2D eigenvalue weighted by atomic mass is 32.2. The predicted octanol–water partition coefficient (Wildman–Crippen LogP) is 4.73. The van der Waals surface area contributed by atoms with E-state index in [2.05, 4.69) is 5.32 Å². The molecule has 0 unspecified atom stereocenters. The molecule has 0 saturated carbocycles. The molecule has 1 aromatic rings. The Bertz CT molecular complexity index is 398. The van der Waals surface area contributed by atoms with Crippen LogP contribution >= 0.6 is 11.8 Å². The van der Waals surface area contributed by atoms with Gasteiger partial charge in [-0.3, -0.25) is 0 Å². The van der Waals surface area contributed by atoms with Gasteiger partial charge in [0.2, 0.25) is 0 Å². The highest BCUT2D eigenvalue weighted by molar-refractivity contribution is 8.00. The lowest BCUT2D eigenvalue weighted by Crippen LogP contribution is -2.17. The van der Waals surface area contributed by atoms with E-state index in [-0.39, 0.29) is 29.6 Å². The summed E-state index contributed by atoms with van der Waals surface area (Å²) in [4.78, 5) is 0.0818. The predicted molar refractivity (Wildman–Crippen MR) is 65.3 cm³/mol. The van der Waals surface area contributed by atoms with Crippen molar-refractivity contribution in [2.24, 2.45) is 0 Å². The van der Waals surface area contributed by atoms with Crippen molar-refractivity contribution in [1.29, 1.82) is 0 Å². The van der Waals surface area contributed by atoms with E-state index in [1.165, 1.54) is 24.3 Å². The molecule has 0 heterocycles. The molecule has 1 aromatic carbocycles. The van der Waals surface area contributed by atoms with Crippen molar-refractivity contribution in [3.63, 3.8) is 0 Å². The summed E-state index contributed by atoms with van der Waals surface area (Å²) in [6.45, 7) is 0.535. The Morgan fingerprint density at radius 3 is 2.05 bits per heavy atom. The van der Waals surface area contributed by atoms with Crippen LogP contribution < -0.4 is 5.32 Å². The Morgan fingerprint density at radius 1 is 0.950 bits per heavy atom. The monoisotopic (exact) mass is 317 g/mol. The van der Waals surface area contributed by atoms with Gasteiger partial charge in [-0.15, -0.1) is 0 Å². The van der Waals surface area contributed by atoms with Gasteiger partial charge in [0.05, 0.1) is 0 Å². The van der Waals surface area contributed by atoms with Crippen LogP contribution in [0.1, 0.15) is 18.4 Å². The maximum atomic E-state index is 12.1. The Balaban J connectivity index is 2.28. The summed E-state index contributed by atoms with van der Waals surface area (Å²) < 4.78 is 71.8. The van der Waals surface area contributed by atoms with E-state index in [1.807, 2.05) is 0 Å². The molecular weight excluding hydrogens is 304 g/mol. The van der Waals surface area contributed by atoms with Gasteiger partial charge in [-0.25, -0.2) is 0 Å². The Labute approximate surface area is 116 Å². The van der Waals surface area contributed by atoms with E-state index in [0.29, 0.717) is 6.54 Å². The van der Waals surface area contributed by atoms with Gasteiger partial charge >= 0.3 is 11.7 Å². The highest BCUT2D eigenvalue weighted by Gasteiger charge is 2.29. The van der Waals surface area contributed by atoms with Gasteiger partial charge in [0.1, 0.15) is 0 Å². The van der Waals surface area contributed by atoms with Crippen LogP contribution in [0.5, 0.6) is 0 Å². The van der Waals surface area contributed by atoms with Gasteiger partial charge < -0.3 is 5.32 Å². The van der Waals surface area contributed by atoms with E-state index in [4.69, 9.17) is 0 Å². The fraction of sp³-hybridized carbons (Fsp3) is 0.500. The van der Waals surface area contributed by atoms with Gasteiger partial charge in [-0.1, -0.05) is 12.1 Å². The van der Waals surface area contributed by atoms with Gasteiger partial charge in [-0.2, -0.15) is 26.3 Å². The maximum absolute atomic E-state index is 12.1. The van der Waals surface area contributed by atoms with Crippen LogP contribution in [0.3, 0.4) is 0 Å². The summed E-state index contributed by atoms with van der Waals surface area (Å²) in [6.07, 6.45) is -5.02. The summed E-state index contributed by atoms with van der Waals surface area (Å²) in [5, 5.41) is 2.81. The number of nitrogens with one attached hydrogen (secondary N) is 1. The molecular formula is C12H13F6NS. The van der Waals surface area contributed by atoms with Crippen LogP contribution in [0, 0.1) is 0 Å². The molecule has 0 saturated heterocycles. The molecule has 0 amide bonds. The summed E-state index contributed by atoms with van der Waals surface area (Å²) in [6, 6.07) is 5.71. The average Bonchev–Trinajstić information content (AvgIpc) is 2.27. The molecule has 0 radical (unpaired) electrons. The average molecular weight is 317 g/mol. The molecule has 0 atom stereocenters. The zero-order chi connectivity index (χ0) is 15.2. The summed E-state index contributed by atoms with van der Waals surface area (Å²) in [5.74, 6) is 0. The SMILES string of the molecule is FC(F)(F)CCCNCc1ccc(SC(F)(F)F)cc1. The minimum atomic E-state index is -4.32. The van der Waals surface area contributed by atoms with Crippen molar-refractivity contribution in [2.45, 2.75) is 36.0 Å². The van der Waals surface area contributed by atoms with E-state index in [0.717, 1.165) is 5.56 Å². The number of thioether (sulfide) groups is 1. The molecule has 0 aliphatic heterocycles. The first-order chi connectivity index (χ1) is 9.16. The van der Waals surface area contributed by atoms with Gasteiger partial charge in [-0.05, 0) is 42.4 Å². The van der Waals surface area contributed by atoms with Gasteiger partial charge in [0.25, 0.3) is 0 Å². The number of hydrogen-bond acceptors (Lipinski definition) is 2. The van der Waals surface area contributed by atoms with Gasteiger partial charge in [0, 0.05) is 17.9 Å². The smallest absolute Gasteiger partial charge is 0.313 e. The first-order valence-electron chi connectivity index (χ1n) is 5.78. The number of benzene rings is 1. The molecule has 0 aliphatic carbocycles. The van der Waals surface area contributed by atoms with Crippen LogP contribution in [0.15, 0.2) is 29.2 Å². The van der Waals surface area contributed by atoms with E-state index in [1.54, 1.807) is 0 Å². The molecule has 20 heavy (non-hydrogen) atoms. The summed E-state index contributed by atoms with van der Waals surface area (Å²) in [5.41, 5.74) is -3.60. The molecule has 0 bridgehead atoms. The lowest BCUT2D eigenvalue weighted by Gasteiger charge is -2.08. The third-order valence-corrected chi connectivity index (χ3v) is 3.04. The van der Waals surface area contributed by atoms with Crippen LogP contribution in [0.25, 0.3) is 0 Å². The van der Waals surface area contributed by atoms with Crippen LogP contribution in [0.2, 0.25) is 0 Å². The van der Waals surface area contributed by atoms with Crippen LogP contribution in [0.4, 0.5) is 26.3 Å². The van der Waals surface area contributed by atoms with Crippen molar-refractivity contribution in [1.82, 2.24) is 5.32 Å². The Morgan fingerprint density at radius 2 is 1.55 bits per heavy atom. The molecule has 0 aromatic heterocycles. The number of rotatable bonds is 6. The molecule has 0 aliphatic rings. The normalized spacial score (nSPS) is 12.7. The topological polar surface area (TPSA) is 12.0 Å². The second-order valence-corrected chi connectivity index (χ2v) is 5.23. The standard InChI is InChI=1S/C12H13F6NS/c13-11(14,15)6-1-7-19-8-9-2-4-10(5-3-9)20-12(16,17)18/h2-5,19H,1,6-8H2. The minimum absolute atomic E-state index is 0.0223. The molecule has 114 valence electrons. The first kappa shape index (κ1) is 17.2. The van der Waals surface area contributed by atoms with Crippen molar-refractivity contribution in [3.8, 4) is 0 Å². The lowest BCUT2D eigenvalue weighted by atomic mass is 10.2. The zero-order valence-electron chi connectivity index (χ0n) is 10.3. The quantitative estimate of drug-likeness (QED) is 0.462. The number of alkyl halides is 6. The second-order valence-electron chi connectivity index (χ2n) is 4.09. The number of halogens is 6. The van der Waals surface area contributed by atoms with Crippen molar-refractivity contribution < 1.29 is 26.3 Å². The Kier molecular flexibility index (Phi) is 6.19. The largest absolute Gasteiger partial charge is 0.446 e. The fourth-order valence-corrected chi connectivity index (χ4v) is 1.99. The van der Waals surface area contributed by atoms with Crippen LogP contribution in [-0.2, 0) is 6.54 Å². The molecule has 0 fully saturated rings.